The van der Waals surface area contributed by atoms with Crippen LogP contribution in [0, 0.1) is 5.82 Å². The number of piperazine rings is 1. The van der Waals surface area contributed by atoms with E-state index in [0.29, 0.717) is 13.1 Å². The Hall–Kier alpha value is -2.57. The molecule has 1 aromatic carbocycles. The third-order valence-electron chi connectivity index (χ3n) is 4.49. The molecule has 1 aliphatic rings. The van der Waals surface area contributed by atoms with E-state index in [0.717, 1.165) is 31.0 Å². The van der Waals surface area contributed by atoms with Gasteiger partial charge in [-0.05, 0) is 38.1 Å². The molecule has 25 heavy (non-hydrogen) atoms. The van der Waals surface area contributed by atoms with Gasteiger partial charge in [-0.2, -0.15) is 5.10 Å². The molecule has 1 atom stereocenters. The van der Waals surface area contributed by atoms with Crippen molar-refractivity contribution in [2.24, 2.45) is 0 Å². The Bertz CT molecular complexity index is 707. The van der Waals surface area contributed by atoms with Gasteiger partial charge in [0, 0.05) is 44.6 Å². The first-order valence-electron chi connectivity index (χ1n) is 8.65. The van der Waals surface area contributed by atoms with E-state index in [-0.39, 0.29) is 17.8 Å². The Balaban J connectivity index is 1.52. The highest BCUT2D eigenvalue weighted by molar-refractivity contribution is 5.84. The van der Waals surface area contributed by atoms with Gasteiger partial charge in [-0.25, -0.2) is 4.39 Å². The highest BCUT2D eigenvalue weighted by Crippen LogP contribution is 2.17. The molecule has 3 rings (SSSR count). The lowest BCUT2D eigenvalue weighted by Crippen LogP contribution is -2.52. The summed E-state index contributed by atoms with van der Waals surface area (Å²) in [6.45, 7) is 7.52. The van der Waals surface area contributed by atoms with E-state index >= 15 is 0 Å². The van der Waals surface area contributed by atoms with Crippen LogP contribution in [0.4, 0.5) is 15.8 Å². The van der Waals surface area contributed by atoms with Gasteiger partial charge in [0.05, 0.1) is 11.9 Å². The average Bonchev–Trinajstić information content (AvgIpc) is 3.09. The highest BCUT2D eigenvalue weighted by atomic mass is 19.1. The van der Waals surface area contributed by atoms with E-state index in [1.54, 1.807) is 18.3 Å². The largest absolute Gasteiger partial charge is 0.371 e. The van der Waals surface area contributed by atoms with Crippen LogP contribution in [0.2, 0.25) is 0 Å². The topological polar surface area (TPSA) is 53.4 Å². The molecule has 2 aromatic rings. The van der Waals surface area contributed by atoms with Crippen LogP contribution in [-0.4, -0.2) is 52.8 Å². The second-order valence-corrected chi connectivity index (χ2v) is 6.24. The number of aryl methyl sites for hydroxylation is 1. The number of hydrogen-bond donors (Lipinski definition) is 1. The van der Waals surface area contributed by atoms with E-state index in [9.17, 15) is 9.18 Å². The molecule has 1 saturated heterocycles. The Labute approximate surface area is 147 Å². The van der Waals surface area contributed by atoms with Crippen molar-refractivity contribution in [1.29, 1.82) is 0 Å². The molecule has 7 heteroatoms. The van der Waals surface area contributed by atoms with Crippen LogP contribution in [0.5, 0.6) is 0 Å². The van der Waals surface area contributed by atoms with Crippen molar-refractivity contribution in [2.75, 3.05) is 36.4 Å². The van der Waals surface area contributed by atoms with Crippen LogP contribution >= 0.6 is 0 Å². The summed E-state index contributed by atoms with van der Waals surface area (Å²) in [5.74, 6) is -0.146. The zero-order chi connectivity index (χ0) is 17.8. The minimum Gasteiger partial charge on any atom is -0.371 e. The lowest BCUT2D eigenvalue weighted by atomic mass is 10.2. The van der Waals surface area contributed by atoms with Crippen LogP contribution in [0.1, 0.15) is 13.8 Å². The molecular weight excluding hydrogens is 321 g/mol. The zero-order valence-electron chi connectivity index (χ0n) is 14.7. The highest BCUT2D eigenvalue weighted by Gasteiger charge is 2.25. The third-order valence-corrected chi connectivity index (χ3v) is 4.49. The summed E-state index contributed by atoms with van der Waals surface area (Å²) < 4.78 is 14.8. The Kier molecular flexibility index (Phi) is 5.21. The summed E-state index contributed by atoms with van der Waals surface area (Å²) in [6.07, 6.45) is 3.63. The van der Waals surface area contributed by atoms with E-state index < -0.39 is 0 Å². The number of anilines is 2. The van der Waals surface area contributed by atoms with Crippen molar-refractivity contribution in [1.82, 2.24) is 14.7 Å². The molecule has 1 unspecified atom stereocenters. The number of rotatable bonds is 5. The molecule has 6 nitrogen and oxygen atoms in total. The minimum atomic E-state index is -0.299. The molecule has 0 saturated carbocycles. The summed E-state index contributed by atoms with van der Waals surface area (Å²) >= 11 is 0. The van der Waals surface area contributed by atoms with Gasteiger partial charge in [-0.15, -0.1) is 0 Å². The number of benzene rings is 1. The van der Waals surface area contributed by atoms with Crippen molar-refractivity contribution < 1.29 is 9.18 Å². The van der Waals surface area contributed by atoms with Gasteiger partial charge in [0.1, 0.15) is 11.9 Å². The number of carbonyl (C=O) groups excluding carboxylic acids is 1. The van der Waals surface area contributed by atoms with Gasteiger partial charge in [-0.3, -0.25) is 9.48 Å². The second-order valence-electron chi connectivity index (χ2n) is 6.24. The monoisotopic (exact) mass is 345 g/mol. The van der Waals surface area contributed by atoms with Crippen molar-refractivity contribution in [3.63, 3.8) is 0 Å². The smallest absolute Gasteiger partial charge is 0.244 e. The molecular formula is C18H24FN5O. The number of nitrogens with one attached hydrogen (secondary N) is 1. The Morgan fingerprint density at radius 1 is 1.24 bits per heavy atom. The van der Waals surface area contributed by atoms with Crippen molar-refractivity contribution >= 4 is 17.3 Å². The minimum absolute atomic E-state index is 0.0861. The quantitative estimate of drug-likeness (QED) is 0.903. The molecule has 0 spiro atoms. The fourth-order valence-corrected chi connectivity index (χ4v) is 3.03. The fraction of sp³-hybridized carbons (Fsp3) is 0.444. The van der Waals surface area contributed by atoms with E-state index in [2.05, 4.69) is 15.3 Å². The van der Waals surface area contributed by atoms with Crippen LogP contribution in [0.25, 0.3) is 0 Å². The first-order valence-corrected chi connectivity index (χ1v) is 8.65. The Morgan fingerprint density at radius 3 is 2.52 bits per heavy atom. The lowest BCUT2D eigenvalue weighted by Gasteiger charge is -2.37. The van der Waals surface area contributed by atoms with Crippen molar-refractivity contribution in [3.8, 4) is 0 Å². The molecule has 1 amide bonds. The summed E-state index contributed by atoms with van der Waals surface area (Å²) in [4.78, 5) is 16.7. The second kappa shape index (κ2) is 7.55. The summed E-state index contributed by atoms with van der Waals surface area (Å²) in [7, 11) is 0. The van der Waals surface area contributed by atoms with Gasteiger partial charge in [-0.1, -0.05) is 0 Å². The fourth-order valence-electron chi connectivity index (χ4n) is 3.03. The van der Waals surface area contributed by atoms with E-state index in [1.807, 2.05) is 29.6 Å². The van der Waals surface area contributed by atoms with Crippen LogP contribution in [0.3, 0.4) is 0 Å². The first kappa shape index (κ1) is 17.3. The number of amides is 1. The van der Waals surface area contributed by atoms with Crippen LogP contribution in [-0.2, 0) is 11.3 Å². The normalized spacial score (nSPS) is 16.0. The molecule has 1 aromatic heterocycles. The van der Waals surface area contributed by atoms with Gasteiger partial charge in [0.15, 0.2) is 0 Å². The molecule has 2 heterocycles. The number of carbonyl (C=O) groups is 1. The SMILES string of the molecule is CCn1cc(NC(C)C(=O)N2CCN(c3ccc(F)cc3)CC2)cn1. The third kappa shape index (κ3) is 4.10. The van der Waals surface area contributed by atoms with Gasteiger partial charge >= 0.3 is 0 Å². The first-order chi connectivity index (χ1) is 12.1. The predicted molar refractivity (Wildman–Crippen MR) is 96.2 cm³/mol. The van der Waals surface area contributed by atoms with Gasteiger partial charge in [0.25, 0.3) is 0 Å². The summed E-state index contributed by atoms with van der Waals surface area (Å²) in [6, 6.07) is 6.20. The molecule has 134 valence electrons. The number of aromatic nitrogens is 2. The maximum Gasteiger partial charge on any atom is 0.244 e. The molecule has 0 radical (unpaired) electrons. The van der Waals surface area contributed by atoms with E-state index in [1.165, 1.54) is 12.1 Å². The van der Waals surface area contributed by atoms with Gasteiger partial charge < -0.3 is 15.1 Å². The Morgan fingerprint density at radius 2 is 1.92 bits per heavy atom. The van der Waals surface area contributed by atoms with Crippen molar-refractivity contribution in [2.45, 2.75) is 26.4 Å². The van der Waals surface area contributed by atoms with Gasteiger partial charge in [0.2, 0.25) is 5.91 Å². The van der Waals surface area contributed by atoms with E-state index in [4.69, 9.17) is 0 Å². The average molecular weight is 345 g/mol. The molecule has 1 aliphatic heterocycles. The molecule has 1 N–H and O–H groups in total. The number of hydrogen-bond acceptors (Lipinski definition) is 4. The summed E-state index contributed by atoms with van der Waals surface area (Å²) in [5, 5.41) is 7.42. The lowest BCUT2D eigenvalue weighted by molar-refractivity contribution is -0.131. The maximum atomic E-state index is 13.0. The van der Waals surface area contributed by atoms with Crippen molar-refractivity contribution in [3.05, 3.63) is 42.5 Å². The predicted octanol–water partition coefficient (Wildman–Crippen LogP) is 2.19. The molecule has 0 bridgehead atoms. The summed E-state index contributed by atoms with van der Waals surface area (Å²) in [5.41, 5.74) is 1.85. The maximum absolute atomic E-state index is 13.0. The number of halogens is 1. The van der Waals surface area contributed by atoms with Crippen LogP contribution in [0.15, 0.2) is 36.7 Å². The molecule has 1 fully saturated rings. The molecule has 0 aliphatic carbocycles. The van der Waals surface area contributed by atoms with Crippen LogP contribution < -0.4 is 10.2 Å². The standard InChI is InChI=1S/C18H24FN5O/c1-3-24-13-16(12-20-24)21-14(2)18(25)23-10-8-22(9-11-23)17-6-4-15(19)5-7-17/h4-7,12-14,21H,3,8-11H2,1-2H3. The number of nitrogens with zero attached hydrogens (tertiary/aromatic N) is 4. The zero-order valence-corrected chi connectivity index (χ0v) is 14.7.